The average Bonchev–Trinajstić information content (AvgIpc) is 3.08. The lowest BCUT2D eigenvalue weighted by molar-refractivity contribution is -0.126. The van der Waals surface area contributed by atoms with Crippen LogP contribution in [0.1, 0.15) is 38.5 Å². The van der Waals surface area contributed by atoms with E-state index in [1.807, 2.05) is 18.7 Å². The Kier molecular flexibility index (Phi) is 3.97. The lowest BCUT2D eigenvalue weighted by atomic mass is 9.82. The summed E-state index contributed by atoms with van der Waals surface area (Å²) in [7, 11) is 0. The Bertz CT molecular complexity index is 415. The Morgan fingerprint density at radius 2 is 2.16 bits per heavy atom. The van der Waals surface area contributed by atoms with Crippen LogP contribution in [0.4, 0.5) is 0 Å². The highest BCUT2D eigenvalue weighted by molar-refractivity contribution is 5.82. The molecular formula is C15H23N3O. The molecule has 1 aliphatic heterocycles. The second kappa shape index (κ2) is 5.87. The van der Waals surface area contributed by atoms with E-state index in [-0.39, 0.29) is 0 Å². The fourth-order valence-electron chi connectivity index (χ4n) is 3.66. The largest absolute Gasteiger partial charge is 0.336 e. The van der Waals surface area contributed by atoms with Gasteiger partial charge in [0.05, 0.1) is 6.33 Å². The fraction of sp³-hybridized carbons (Fsp3) is 0.733. The van der Waals surface area contributed by atoms with Gasteiger partial charge in [-0.3, -0.25) is 9.69 Å². The number of likely N-dealkylation sites (tertiary alicyclic amines) is 1. The number of hydrogen-bond acceptors (Lipinski definition) is 3. The van der Waals surface area contributed by atoms with Crippen LogP contribution in [0.5, 0.6) is 0 Å². The van der Waals surface area contributed by atoms with Crippen molar-refractivity contribution in [1.82, 2.24) is 14.5 Å². The van der Waals surface area contributed by atoms with Crippen LogP contribution in [-0.2, 0) is 11.3 Å². The van der Waals surface area contributed by atoms with Crippen LogP contribution in [0.3, 0.4) is 0 Å². The number of ketones is 1. The number of Topliss-reactive ketones (excluding diaryl/α,β-unsaturated/α-hetero) is 1. The van der Waals surface area contributed by atoms with Crippen LogP contribution in [0, 0.1) is 5.92 Å². The highest BCUT2D eigenvalue weighted by Crippen LogP contribution is 2.32. The second-order valence-electron chi connectivity index (χ2n) is 5.86. The minimum atomic E-state index is 0.319. The summed E-state index contributed by atoms with van der Waals surface area (Å²) in [5.74, 6) is 0.838. The van der Waals surface area contributed by atoms with E-state index in [9.17, 15) is 4.79 Å². The zero-order chi connectivity index (χ0) is 13.1. The molecule has 1 aliphatic carbocycles. The van der Waals surface area contributed by atoms with Crippen molar-refractivity contribution in [3.05, 3.63) is 18.7 Å². The van der Waals surface area contributed by atoms with Gasteiger partial charge in [0.1, 0.15) is 5.78 Å². The maximum absolute atomic E-state index is 12.1. The van der Waals surface area contributed by atoms with E-state index < -0.39 is 0 Å². The van der Waals surface area contributed by atoms with Crippen molar-refractivity contribution < 1.29 is 4.79 Å². The van der Waals surface area contributed by atoms with Crippen molar-refractivity contribution in [1.29, 1.82) is 0 Å². The maximum Gasteiger partial charge on any atom is 0.137 e. The molecule has 0 bridgehead atoms. The van der Waals surface area contributed by atoms with Crippen LogP contribution in [-0.4, -0.2) is 39.4 Å². The van der Waals surface area contributed by atoms with Gasteiger partial charge in [-0.25, -0.2) is 4.98 Å². The average molecular weight is 261 g/mol. The van der Waals surface area contributed by atoms with Gasteiger partial charge in [-0.05, 0) is 32.2 Å². The lowest BCUT2D eigenvalue weighted by Crippen LogP contribution is -2.41. The summed E-state index contributed by atoms with van der Waals surface area (Å²) in [5.41, 5.74) is 0. The van der Waals surface area contributed by atoms with Gasteiger partial charge in [-0.15, -0.1) is 0 Å². The quantitative estimate of drug-likeness (QED) is 0.833. The zero-order valence-corrected chi connectivity index (χ0v) is 11.5. The molecule has 0 spiro atoms. The highest BCUT2D eigenvalue weighted by atomic mass is 16.1. The summed E-state index contributed by atoms with van der Waals surface area (Å²) in [5, 5.41) is 0. The van der Waals surface area contributed by atoms with Crippen molar-refractivity contribution in [3.8, 4) is 0 Å². The molecule has 1 aromatic rings. The highest BCUT2D eigenvalue weighted by Gasteiger charge is 2.36. The van der Waals surface area contributed by atoms with Crippen molar-refractivity contribution >= 4 is 5.78 Å². The van der Waals surface area contributed by atoms with Crippen LogP contribution in [0.2, 0.25) is 0 Å². The summed E-state index contributed by atoms with van der Waals surface area (Å²) < 4.78 is 2.12. The summed E-state index contributed by atoms with van der Waals surface area (Å²) in [6.45, 7) is 3.19. The third-order valence-corrected chi connectivity index (χ3v) is 4.69. The summed E-state index contributed by atoms with van der Waals surface area (Å²) in [6, 6.07) is 0.510. The van der Waals surface area contributed by atoms with Crippen molar-refractivity contribution in [2.24, 2.45) is 5.92 Å². The molecule has 2 fully saturated rings. The van der Waals surface area contributed by atoms with Gasteiger partial charge < -0.3 is 4.57 Å². The second-order valence-corrected chi connectivity index (χ2v) is 5.86. The van der Waals surface area contributed by atoms with E-state index in [2.05, 4.69) is 14.5 Å². The third-order valence-electron chi connectivity index (χ3n) is 4.69. The maximum atomic E-state index is 12.1. The molecule has 2 heterocycles. The first-order chi connectivity index (χ1) is 9.34. The fourth-order valence-corrected chi connectivity index (χ4v) is 3.66. The van der Waals surface area contributed by atoms with Gasteiger partial charge >= 0.3 is 0 Å². The van der Waals surface area contributed by atoms with Gasteiger partial charge in [0.25, 0.3) is 0 Å². The predicted octanol–water partition coefficient (Wildman–Crippen LogP) is 2.11. The number of imidazole rings is 1. The molecular weight excluding hydrogens is 238 g/mol. The first kappa shape index (κ1) is 12.9. The van der Waals surface area contributed by atoms with Crippen molar-refractivity contribution in [2.45, 2.75) is 51.1 Å². The molecule has 1 saturated carbocycles. The van der Waals surface area contributed by atoms with Gasteiger partial charge in [-0.1, -0.05) is 6.42 Å². The Balaban J connectivity index is 1.59. The monoisotopic (exact) mass is 261 g/mol. The van der Waals surface area contributed by atoms with E-state index >= 15 is 0 Å². The van der Waals surface area contributed by atoms with Crippen LogP contribution in [0.15, 0.2) is 18.7 Å². The molecule has 1 saturated heterocycles. The summed E-state index contributed by atoms with van der Waals surface area (Å²) >= 11 is 0. The number of rotatable bonds is 4. The molecule has 3 rings (SSSR count). The van der Waals surface area contributed by atoms with E-state index in [4.69, 9.17) is 0 Å². The molecule has 0 radical (unpaired) electrons. The Morgan fingerprint density at radius 3 is 2.95 bits per heavy atom. The van der Waals surface area contributed by atoms with Crippen molar-refractivity contribution in [2.75, 3.05) is 13.1 Å². The van der Waals surface area contributed by atoms with Crippen molar-refractivity contribution in [3.63, 3.8) is 0 Å². The first-order valence-electron chi connectivity index (χ1n) is 7.57. The molecule has 0 N–H and O–H groups in total. The standard InChI is InChI=1S/C15H23N3O/c19-15-6-2-1-4-13(15)14-5-3-8-18(14)11-10-17-9-7-16-12-17/h7,9,12-14H,1-6,8,10-11H2. The van der Waals surface area contributed by atoms with Crippen LogP contribution < -0.4 is 0 Å². The molecule has 2 atom stereocenters. The Morgan fingerprint density at radius 1 is 1.21 bits per heavy atom. The van der Waals surface area contributed by atoms with Gasteiger partial charge in [0, 0.05) is 43.9 Å². The first-order valence-corrected chi connectivity index (χ1v) is 7.57. The smallest absolute Gasteiger partial charge is 0.137 e. The number of hydrogen-bond donors (Lipinski definition) is 0. The molecule has 104 valence electrons. The topological polar surface area (TPSA) is 38.1 Å². The van der Waals surface area contributed by atoms with Gasteiger partial charge in [-0.2, -0.15) is 0 Å². The number of carbonyl (C=O) groups is 1. The van der Waals surface area contributed by atoms with E-state index in [1.54, 1.807) is 0 Å². The number of nitrogens with zero attached hydrogens (tertiary/aromatic N) is 3. The molecule has 2 aliphatic rings. The molecule has 0 aromatic carbocycles. The number of aromatic nitrogens is 2. The third kappa shape index (κ3) is 2.89. The summed E-state index contributed by atoms with van der Waals surface area (Å²) in [4.78, 5) is 18.7. The minimum Gasteiger partial charge on any atom is -0.336 e. The summed E-state index contributed by atoms with van der Waals surface area (Å²) in [6.07, 6.45) is 12.4. The van der Waals surface area contributed by atoms with Crippen LogP contribution in [0.25, 0.3) is 0 Å². The van der Waals surface area contributed by atoms with Gasteiger partial charge in [0.2, 0.25) is 0 Å². The molecule has 19 heavy (non-hydrogen) atoms. The Labute approximate surface area is 114 Å². The van der Waals surface area contributed by atoms with E-state index in [0.29, 0.717) is 17.7 Å². The van der Waals surface area contributed by atoms with E-state index in [1.165, 1.54) is 19.3 Å². The Hall–Kier alpha value is -1.16. The SMILES string of the molecule is O=C1CCCCC1C1CCCN1CCn1ccnc1. The molecule has 0 amide bonds. The predicted molar refractivity (Wildman–Crippen MR) is 73.8 cm³/mol. The van der Waals surface area contributed by atoms with E-state index in [0.717, 1.165) is 38.9 Å². The number of carbonyl (C=O) groups excluding carboxylic acids is 1. The van der Waals surface area contributed by atoms with Gasteiger partial charge in [0.15, 0.2) is 0 Å². The van der Waals surface area contributed by atoms with Crippen LogP contribution >= 0.6 is 0 Å². The normalized spacial score (nSPS) is 28.9. The molecule has 1 aromatic heterocycles. The lowest BCUT2D eigenvalue weighted by Gasteiger charge is -2.33. The molecule has 4 heteroatoms. The minimum absolute atomic E-state index is 0.319. The molecule has 4 nitrogen and oxygen atoms in total. The zero-order valence-electron chi connectivity index (χ0n) is 11.5. The molecule has 2 unspecified atom stereocenters.